The highest BCUT2D eigenvalue weighted by molar-refractivity contribution is 4.82. The molecule has 2 fully saturated rings. The zero-order valence-electron chi connectivity index (χ0n) is 11.6. The molecule has 0 radical (unpaired) electrons. The van der Waals surface area contributed by atoms with E-state index in [0.29, 0.717) is 0 Å². The molecule has 0 unspecified atom stereocenters. The van der Waals surface area contributed by atoms with E-state index < -0.39 is 0 Å². The zero-order chi connectivity index (χ0) is 11.9. The van der Waals surface area contributed by atoms with Gasteiger partial charge in [-0.15, -0.1) is 0 Å². The molecule has 2 heteroatoms. The van der Waals surface area contributed by atoms with Crippen LogP contribution >= 0.6 is 0 Å². The van der Waals surface area contributed by atoms with Crippen molar-refractivity contribution in [3.63, 3.8) is 0 Å². The second-order valence-electron chi connectivity index (χ2n) is 5.97. The van der Waals surface area contributed by atoms with E-state index in [1.807, 2.05) is 0 Å². The van der Waals surface area contributed by atoms with Gasteiger partial charge in [0.2, 0.25) is 0 Å². The predicted octanol–water partition coefficient (Wildman–Crippen LogP) is 3.17. The summed E-state index contributed by atoms with van der Waals surface area (Å²) >= 11 is 0. The molecule has 0 amide bonds. The quantitative estimate of drug-likeness (QED) is 0.791. The highest BCUT2D eigenvalue weighted by Gasteiger charge is 2.22. The number of rotatable bonds is 5. The molecule has 0 bridgehead atoms. The van der Waals surface area contributed by atoms with E-state index in [0.717, 1.165) is 12.1 Å². The average molecular weight is 238 g/mol. The Labute approximate surface area is 107 Å². The van der Waals surface area contributed by atoms with Gasteiger partial charge in [-0.25, -0.2) is 0 Å². The molecular formula is C15H30N2. The molecule has 1 saturated carbocycles. The van der Waals surface area contributed by atoms with Gasteiger partial charge in [-0.1, -0.05) is 32.6 Å². The lowest BCUT2D eigenvalue weighted by molar-refractivity contribution is 0.182. The first-order chi connectivity index (χ1) is 8.38. The monoisotopic (exact) mass is 238 g/mol. The summed E-state index contributed by atoms with van der Waals surface area (Å²) in [5, 5.41) is 3.91. The molecular weight excluding hydrogens is 208 g/mol. The van der Waals surface area contributed by atoms with Crippen LogP contribution in [0.4, 0.5) is 0 Å². The summed E-state index contributed by atoms with van der Waals surface area (Å²) in [7, 11) is 0. The number of piperidine rings is 1. The van der Waals surface area contributed by atoms with Gasteiger partial charge in [-0.3, -0.25) is 0 Å². The molecule has 0 atom stereocenters. The molecule has 2 rings (SSSR count). The Kier molecular flexibility index (Phi) is 5.79. The van der Waals surface area contributed by atoms with Crippen molar-refractivity contribution in [3.05, 3.63) is 0 Å². The van der Waals surface area contributed by atoms with E-state index in [2.05, 4.69) is 17.1 Å². The molecule has 1 heterocycles. The van der Waals surface area contributed by atoms with Crippen molar-refractivity contribution in [2.24, 2.45) is 0 Å². The fourth-order valence-electron chi connectivity index (χ4n) is 3.31. The van der Waals surface area contributed by atoms with Crippen LogP contribution in [0.15, 0.2) is 0 Å². The van der Waals surface area contributed by atoms with Crippen molar-refractivity contribution >= 4 is 0 Å². The van der Waals surface area contributed by atoms with E-state index in [9.17, 15) is 0 Å². The number of hydrogen-bond acceptors (Lipinski definition) is 2. The van der Waals surface area contributed by atoms with Crippen molar-refractivity contribution in [3.8, 4) is 0 Å². The summed E-state index contributed by atoms with van der Waals surface area (Å²) in [4.78, 5) is 2.66. The van der Waals surface area contributed by atoms with E-state index in [1.54, 1.807) is 0 Å². The van der Waals surface area contributed by atoms with Crippen LogP contribution in [0.2, 0.25) is 0 Å². The third kappa shape index (κ3) is 4.59. The SMILES string of the molecule is CCCCN1CCC(NC2CCCCC2)CC1. The van der Waals surface area contributed by atoms with Crippen molar-refractivity contribution < 1.29 is 0 Å². The predicted molar refractivity (Wildman–Crippen MR) is 74.4 cm³/mol. The van der Waals surface area contributed by atoms with Gasteiger partial charge in [0.05, 0.1) is 0 Å². The molecule has 1 aliphatic carbocycles. The standard InChI is InChI=1S/C15H30N2/c1-2-3-11-17-12-9-15(10-13-17)16-14-7-5-4-6-8-14/h14-16H,2-13H2,1H3. The second-order valence-corrected chi connectivity index (χ2v) is 5.97. The minimum atomic E-state index is 0.816. The topological polar surface area (TPSA) is 15.3 Å². The molecule has 0 aromatic heterocycles. The summed E-state index contributed by atoms with van der Waals surface area (Å²) in [5.41, 5.74) is 0. The van der Waals surface area contributed by atoms with Gasteiger partial charge in [0.25, 0.3) is 0 Å². The third-order valence-electron chi connectivity index (χ3n) is 4.49. The number of nitrogens with one attached hydrogen (secondary N) is 1. The molecule has 2 nitrogen and oxygen atoms in total. The van der Waals surface area contributed by atoms with Crippen LogP contribution in [-0.2, 0) is 0 Å². The Bertz CT molecular complexity index is 191. The maximum absolute atomic E-state index is 3.91. The summed E-state index contributed by atoms with van der Waals surface area (Å²) in [5.74, 6) is 0. The molecule has 2 aliphatic rings. The lowest BCUT2D eigenvalue weighted by Crippen LogP contribution is -2.46. The smallest absolute Gasteiger partial charge is 0.00940 e. The Morgan fingerprint density at radius 3 is 2.24 bits per heavy atom. The molecule has 17 heavy (non-hydrogen) atoms. The fraction of sp³-hybridized carbons (Fsp3) is 1.00. The van der Waals surface area contributed by atoms with Crippen molar-refractivity contribution in [2.45, 2.75) is 76.8 Å². The largest absolute Gasteiger partial charge is 0.311 e. The van der Waals surface area contributed by atoms with Crippen LogP contribution in [0.25, 0.3) is 0 Å². The molecule has 0 aromatic carbocycles. The van der Waals surface area contributed by atoms with Gasteiger partial charge in [0.15, 0.2) is 0 Å². The van der Waals surface area contributed by atoms with Crippen molar-refractivity contribution in [1.82, 2.24) is 10.2 Å². The maximum Gasteiger partial charge on any atom is 0.00940 e. The first-order valence-electron chi connectivity index (χ1n) is 7.87. The molecule has 1 saturated heterocycles. The Morgan fingerprint density at radius 1 is 0.941 bits per heavy atom. The fourth-order valence-corrected chi connectivity index (χ4v) is 3.31. The van der Waals surface area contributed by atoms with Crippen LogP contribution in [-0.4, -0.2) is 36.6 Å². The van der Waals surface area contributed by atoms with Crippen LogP contribution in [0.5, 0.6) is 0 Å². The molecule has 1 N–H and O–H groups in total. The maximum atomic E-state index is 3.91. The second kappa shape index (κ2) is 7.38. The summed E-state index contributed by atoms with van der Waals surface area (Å²) < 4.78 is 0. The van der Waals surface area contributed by atoms with Gasteiger partial charge < -0.3 is 10.2 Å². The number of likely N-dealkylation sites (tertiary alicyclic amines) is 1. The third-order valence-corrected chi connectivity index (χ3v) is 4.49. The minimum absolute atomic E-state index is 0.816. The lowest BCUT2D eigenvalue weighted by Gasteiger charge is -2.35. The van der Waals surface area contributed by atoms with Gasteiger partial charge in [0, 0.05) is 12.1 Å². The first-order valence-corrected chi connectivity index (χ1v) is 7.87. The van der Waals surface area contributed by atoms with E-state index in [1.165, 1.54) is 77.4 Å². The van der Waals surface area contributed by atoms with Gasteiger partial charge in [0.1, 0.15) is 0 Å². The average Bonchev–Trinajstić information content (AvgIpc) is 2.39. The van der Waals surface area contributed by atoms with Crippen molar-refractivity contribution in [2.75, 3.05) is 19.6 Å². The highest BCUT2D eigenvalue weighted by Crippen LogP contribution is 2.20. The molecule has 0 spiro atoms. The summed E-state index contributed by atoms with van der Waals surface area (Å²) in [6, 6.07) is 1.66. The molecule has 1 aliphatic heterocycles. The summed E-state index contributed by atoms with van der Waals surface area (Å²) in [6.07, 6.45) is 12.7. The zero-order valence-corrected chi connectivity index (χ0v) is 11.6. The summed E-state index contributed by atoms with van der Waals surface area (Å²) in [6.45, 7) is 6.26. The minimum Gasteiger partial charge on any atom is -0.311 e. The number of unbranched alkanes of at least 4 members (excludes halogenated alkanes) is 1. The van der Waals surface area contributed by atoms with Gasteiger partial charge in [-0.2, -0.15) is 0 Å². The molecule has 0 aromatic rings. The van der Waals surface area contributed by atoms with Gasteiger partial charge in [-0.05, 0) is 51.7 Å². The van der Waals surface area contributed by atoms with Crippen LogP contribution in [0.1, 0.15) is 64.7 Å². The Balaban J connectivity index is 1.61. The highest BCUT2D eigenvalue weighted by atomic mass is 15.1. The van der Waals surface area contributed by atoms with Gasteiger partial charge >= 0.3 is 0 Å². The van der Waals surface area contributed by atoms with Crippen LogP contribution in [0.3, 0.4) is 0 Å². The van der Waals surface area contributed by atoms with E-state index >= 15 is 0 Å². The Hall–Kier alpha value is -0.0800. The first kappa shape index (κ1) is 13.4. The van der Waals surface area contributed by atoms with Crippen LogP contribution in [0, 0.1) is 0 Å². The van der Waals surface area contributed by atoms with Crippen molar-refractivity contribution in [1.29, 1.82) is 0 Å². The van der Waals surface area contributed by atoms with Crippen LogP contribution < -0.4 is 5.32 Å². The Morgan fingerprint density at radius 2 is 1.59 bits per heavy atom. The normalized spacial score (nSPS) is 25.2. The van der Waals surface area contributed by atoms with E-state index in [-0.39, 0.29) is 0 Å². The van der Waals surface area contributed by atoms with E-state index in [4.69, 9.17) is 0 Å². The number of nitrogens with zero attached hydrogens (tertiary/aromatic N) is 1. The lowest BCUT2D eigenvalue weighted by atomic mass is 9.93. The number of hydrogen-bond donors (Lipinski definition) is 1. The molecule has 100 valence electrons.